The molecule has 0 heterocycles. The molecule has 0 aliphatic heterocycles. The van der Waals surface area contributed by atoms with Crippen molar-refractivity contribution < 1.29 is 18.3 Å². The Morgan fingerprint density at radius 2 is 1.57 bits per heavy atom. The molecule has 0 aliphatic rings. The van der Waals surface area contributed by atoms with Crippen LogP contribution < -0.4 is 5.32 Å². The molecule has 0 aliphatic carbocycles. The summed E-state index contributed by atoms with van der Waals surface area (Å²) >= 11 is -0.750. The van der Waals surface area contributed by atoms with Crippen molar-refractivity contribution in [1.82, 2.24) is 5.32 Å². The summed E-state index contributed by atoms with van der Waals surface area (Å²) in [7, 11) is 0. The zero-order valence-electron chi connectivity index (χ0n) is 8.06. The summed E-state index contributed by atoms with van der Waals surface area (Å²) in [6.45, 7) is 9.89. The number of rotatable bonds is 4. The average molecular weight is 221 g/mol. The molecule has 0 aromatic carbocycles. The van der Waals surface area contributed by atoms with E-state index in [4.69, 9.17) is 18.3 Å². The second kappa shape index (κ2) is 22.6. The lowest BCUT2D eigenvalue weighted by Gasteiger charge is -1.90. The summed E-state index contributed by atoms with van der Waals surface area (Å²) in [6.07, 6.45) is 3.65. The van der Waals surface area contributed by atoms with Crippen LogP contribution in [0.2, 0.25) is 0 Å². The van der Waals surface area contributed by atoms with E-state index >= 15 is 0 Å². The lowest BCUT2D eigenvalue weighted by molar-refractivity contribution is -0.134. The Labute approximate surface area is 87.1 Å². The maximum absolute atomic E-state index is 9.00. The Morgan fingerprint density at radius 3 is 1.71 bits per heavy atom. The molecular weight excluding hydrogens is 206 g/mol. The number of aliphatic carboxylic acids is 1. The van der Waals surface area contributed by atoms with E-state index in [9.17, 15) is 0 Å². The van der Waals surface area contributed by atoms with Crippen LogP contribution in [0.5, 0.6) is 0 Å². The van der Waals surface area contributed by atoms with Crippen molar-refractivity contribution in [2.75, 3.05) is 13.1 Å². The lowest BCUT2D eigenvalue weighted by atomic mass is 10.5. The van der Waals surface area contributed by atoms with E-state index in [0.717, 1.165) is 20.0 Å². The summed E-state index contributed by atoms with van der Waals surface area (Å²) in [5.41, 5.74) is 0. The molecule has 0 aromatic heterocycles. The van der Waals surface area contributed by atoms with Gasteiger partial charge in [0.1, 0.15) is 0 Å². The molecule has 2 N–H and O–H groups in total. The first-order chi connectivity index (χ1) is 6.56. The van der Waals surface area contributed by atoms with Gasteiger partial charge in [-0.2, -0.15) is 8.42 Å². The van der Waals surface area contributed by atoms with E-state index in [1.165, 1.54) is 0 Å². The molecule has 0 atom stereocenters. The fraction of sp³-hybridized carbons (Fsp3) is 0.375. The van der Waals surface area contributed by atoms with Gasteiger partial charge < -0.3 is 10.4 Å². The second-order valence-corrected chi connectivity index (χ2v) is 1.96. The van der Waals surface area contributed by atoms with Crippen molar-refractivity contribution in [2.24, 2.45) is 0 Å². The number of carboxylic acid groups (broad SMARTS) is 1. The highest BCUT2D eigenvalue weighted by Crippen LogP contribution is 1.59. The molecule has 0 amide bonds. The van der Waals surface area contributed by atoms with Gasteiger partial charge in [0.15, 0.2) is 0 Å². The molecule has 0 fully saturated rings. The van der Waals surface area contributed by atoms with E-state index in [2.05, 4.69) is 18.5 Å². The number of carbonyl (C=O) groups is 1. The Morgan fingerprint density at radius 1 is 1.36 bits per heavy atom. The van der Waals surface area contributed by atoms with Crippen LogP contribution in [0.4, 0.5) is 0 Å². The van der Waals surface area contributed by atoms with E-state index in [1.807, 2.05) is 12.2 Å². The first-order valence-corrected chi connectivity index (χ1v) is 4.27. The predicted molar refractivity (Wildman–Crippen MR) is 55.5 cm³/mol. The quantitative estimate of drug-likeness (QED) is 0.529. The normalized spacial score (nSPS) is 6.64. The Bertz CT molecular complexity index is 176. The molecule has 0 rings (SSSR count). The minimum absolute atomic E-state index is 0.750. The van der Waals surface area contributed by atoms with Gasteiger partial charge in [0.25, 0.3) is 5.97 Å². The van der Waals surface area contributed by atoms with Crippen LogP contribution >= 0.6 is 0 Å². The third-order valence-electron chi connectivity index (χ3n) is 0.577. The SMILES string of the molecule is C=CCNCC=C.CC(=O)O.O=S=O. The van der Waals surface area contributed by atoms with Crippen molar-refractivity contribution in [3.8, 4) is 0 Å². The minimum atomic E-state index is -0.833. The zero-order valence-corrected chi connectivity index (χ0v) is 8.88. The highest BCUT2D eigenvalue weighted by molar-refractivity contribution is 7.51. The molecular formula is C8H15NO4S. The fourth-order valence-electron chi connectivity index (χ4n) is 0.287. The van der Waals surface area contributed by atoms with E-state index in [-0.39, 0.29) is 0 Å². The molecule has 6 heteroatoms. The van der Waals surface area contributed by atoms with E-state index in [1.54, 1.807) is 0 Å². The summed E-state index contributed by atoms with van der Waals surface area (Å²) in [5.74, 6) is -0.833. The molecule has 82 valence electrons. The van der Waals surface area contributed by atoms with Gasteiger partial charge in [0, 0.05) is 20.0 Å². The van der Waals surface area contributed by atoms with Gasteiger partial charge in [-0.25, -0.2) is 0 Å². The smallest absolute Gasteiger partial charge is 0.335 e. The van der Waals surface area contributed by atoms with Crippen LogP contribution in [0, 0.1) is 0 Å². The number of nitrogens with one attached hydrogen (secondary N) is 1. The van der Waals surface area contributed by atoms with Gasteiger partial charge in [0.2, 0.25) is 0 Å². The van der Waals surface area contributed by atoms with Crippen molar-refractivity contribution in [2.45, 2.75) is 6.92 Å². The highest BCUT2D eigenvalue weighted by atomic mass is 32.1. The number of carboxylic acids is 1. The minimum Gasteiger partial charge on any atom is -0.481 e. The van der Waals surface area contributed by atoms with Crippen molar-refractivity contribution in [3.05, 3.63) is 25.3 Å². The third-order valence-corrected chi connectivity index (χ3v) is 0.577. The van der Waals surface area contributed by atoms with Crippen molar-refractivity contribution in [3.63, 3.8) is 0 Å². The van der Waals surface area contributed by atoms with Gasteiger partial charge >= 0.3 is 11.6 Å². The molecule has 5 nitrogen and oxygen atoms in total. The summed E-state index contributed by atoms with van der Waals surface area (Å²) in [6, 6.07) is 0. The summed E-state index contributed by atoms with van der Waals surface area (Å²) in [4.78, 5) is 9.00. The van der Waals surface area contributed by atoms with Crippen molar-refractivity contribution in [1.29, 1.82) is 0 Å². The maximum Gasteiger partial charge on any atom is 0.335 e. The summed E-state index contributed by atoms with van der Waals surface area (Å²) in [5, 5.41) is 10.5. The highest BCUT2D eigenvalue weighted by Gasteiger charge is 1.69. The molecule has 0 bridgehead atoms. The molecule has 0 aromatic rings. The van der Waals surface area contributed by atoms with Crippen molar-refractivity contribution >= 4 is 17.5 Å². The summed E-state index contributed by atoms with van der Waals surface area (Å²) < 4.78 is 16.6. The van der Waals surface area contributed by atoms with Crippen LogP contribution in [0.3, 0.4) is 0 Å². The second-order valence-electron chi connectivity index (χ2n) is 1.82. The van der Waals surface area contributed by atoms with Gasteiger partial charge in [-0.3, -0.25) is 4.79 Å². The van der Waals surface area contributed by atoms with Crippen LogP contribution in [-0.2, 0) is 16.4 Å². The monoisotopic (exact) mass is 221 g/mol. The lowest BCUT2D eigenvalue weighted by Crippen LogP contribution is -2.11. The molecule has 0 saturated carbocycles. The third kappa shape index (κ3) is 136. The topological polar surface area (TPSA) is 83.5 Å². The Kier molecular flexibility index (Phi) is 29.9. The van der Waals surface area contributed by atoms with Gasteiger partial charge in [0.05, 0.1) is 0 Å². The first kappa shape index (κ1) is 18.5. The number of hydrogen-bond acceptors (Lipinski definition) is 4. The largest absolute Gasteiger partial charge is 0.481 e. The molecule has 0 saturated heterocycles. The van der Waals surface area contributed by atoms with Gasteiger partial charge in [-0.15, -0.1) is 13.2 Å². The van der Waals surface area contributed by atoms with Crippen LogP contribution in [0.1, 0.15) is 6.92 Å². The Balaban J connectivity index is -0.000000147. The standard InChI is InChI=1S/C6H11N.C2H4O2.O2S/c1-3-5-7-6-4-2;1-2(3)4;1-3-2/h3-4,7H,1-2,5-6H2;1H3,(H,3,4);. The maximum atomic E-state index is 9.00. The van der Waals surface area contributed by atoms with Gasteiger partial charge in [-0.1, -0.05) is 12.2 Å². The molecule has 0 spiro atoms. The molecule has 0 radical (unpaired) electrons. The number of hydrogen-bond donors (Lipinski definition) is 2. The first-order valence-electron chi connectivity index (χ1n) is 3.60. The zero-order chi connectivity index (χ0) is 11.8. The van der Waals surface area contributed by atoms with Crippen LogP contribution in [0.25, 0.3) is 0 Å². The molecule has 0 unspecified atom stereocenters. The van der Waals surface area contributed by atoms with Crippen LogP contribution in [-0.4, -0.2) is 32.6 Å². The fourth-order valence-corrected chi connectivity index (χ4v) is 0.287. The van der Waals surface area contributed by atoms with E-state index < -0.39 is 17.5 Å². The van der Waals surface area contributed by atoms with Crippen LogP contribution in [0.15, 0.2) is 25.3 Å². The van der Waals surface area contributed by atoms with E-state index in [0.29, 0.717) is 0 Å². The molecule has 14 heavy (non-hydrogen) atoms. The van der Waals surface area contributed by atoms with Gasteiger partial charge in [-0.05, 0) is 0 Å². The Hall–Kier alpha value is -1.27. The average Bonchev–Trinajstić information content (AvgIpc) is 2.06. The predicted octanol–water partition coefficient (Wildman–Crippen LogP) is 0.369.